The van der Waals surface area contributed by atoms with E-state index in [1.165, 1.54) is 0 Å². The van der Waals surface area contributed by atoms with E-state index in [2.05, 4.69) is 10.1 Å². The SMILES string of the molecule is COc1ccccc1Cc1nc(C2CCOC2)no1. The molecule has 0 bridgehead atoms. The summed E-state index contributed by atoms with van der Waals surface area (Å²) in [5.41, 5.74) is 1.04. The molecule has 2 heterocycles. The van der Waals surface area contributed by atoms with E-state index in [9.17, 15) is 0 Å². The standard InChI is InChI=1S/C14H16N2O3/c1-17-12-5-3-2-4-10(12)8-13-15-14(16-19-13)11-6-7-18-9-11/h2-5,11H,6-9H2,1H3. The van der Waals surface area contributed by atoms with Crippen LogP contribution in [0.2, 0.25) is 0 Å². The van der Waals surface area contributed by atoms with Gasteiger partial charge in [0.15, 0.2) is 5.82 Å². The van der Waals surface area contributed by atoms with Gasteiger partial charge >= 0.3 is 0 Å². The van der Waals surface area contributed by atoms with Crippen LogP contribution < -0.4 is 4.74 Å². The van der Waals surface area contributed by atoms with E-state index in [0.717, 1.165) is 30.2 Å². The third-order valence-corrected chi connectivity index (χ3v) is 3.31. The van der Waals surface area contributed by atoms with Crippen LogP contribution in [0.5, 0.6) is 5.75 Å². The zero-order valence-corrected chi connectivity index (χ0v) is 10.8. The zero-order chi connectivity index (χ0) is 13.1. The average Bonchev–Trinajstić information content (AvgIpc) is 3.09. The maximum Gasteiger partial charge on any atom is 0.231 e. The minimum atomic E-state index is 0.273. The molecule has 100 valence electrons. The first kappa shape index (κ1) is 12.2. The van der Waals surface area contributed by atoms with Crippen molar-refractivity contribution in [2.45, 2.75) is 18.8 Å². The highest BCUT2D eigenvalue weighted by molar-refractivity contribution is 5.34. The molecule has 1 aliphatic heterocycles. The zero-order valence-electron chi connectivity index (χ0n) is 10.8. The van der Waals surface area contributed by atoms with E-state index in [-0.39, 0.29) is 5.92 Å². The van der Waals surface area contributed by atoms with Crippen molar-refractivity contribution in [3.05, 3.63) is 41.5 Å². The molecule has 0 aliphatic carbocycles. The van der Waals surface area contributed by atoms with Crippen LogP contribution in [-0.4, -0.2) is 30.5 Å². The highest BCUT2D eigenvalue weighted by atomic mass is 16.5. The van der Waals surface area contributed by atoms with Crippen molar-refractivity contribution in [3.63, 3.8) is 0 Å². The predicted molar refractivity (Wildman–Crippen MR) is 68.3 cm³/mol. The third-order valence-electron chi connectivity index (χ3n) is 3.31. The van der Waals surface area contributed by atoms with Gasteiger partial charge in [-0.2, -0.15) is 4.98 Å². The van der Waals surface area contributed by atoms with Crippen LogP contribution >= 0.6 is 0 Å². The maximum atomic E-state index is 5.33. The Kier molecular flexibility index (Phi) is 3.46. The number of benzene rings is 1. The molecule has 0 spiro atoms. The van der Waals surface area contributed by atoms with Gasteiger partial charge in [-0.1, -0.05) is 23.4 Å². The molecule has 1 aromatic carbocycles. The van der Waals surface area contributed by atoms with Gasteiger partial charge < -0.3 is 14.0 Å². The first-order valence-electron chi connectivity index (χ1n) is 6.39. The van der Waals surface area contributed by atoms with Gasteiger partial charge in [0.05, 0.1) is 20.1 Å². The Balaban J connectivity index is 1.76. The van der Waals surface area contributed by atoms with E-state index in [0.29, 0.717) is 18.9 Å². The first-order chi connectivity index (χ1) is 9.36. The second kappa shape index (κ2) is 5.40. The van der Waals surface area contributed by atoms with Gasteiger partial charge in [-0.15, -0.1) is 0 Å². The number of aromatic nitrogens is 2. The summed E-state index contributed by atoms with van der Waals surface area (Å²) < 4.78 is 16.0. The number of methoxy groups -OCH3 is 1. The van der Waals surface area contributed by atoms with Crippen molar-refractivity contribution in [2.75, 3.05) is 20.3 Å². The minimum absolute atomic E-state index is 0.273. The van der Waals surface area contributed by atoms with E-state index >= 15 is 0 Å². The number of hydrogen-bond acceptors (Lipinski definition) is 5. The molecule has 2 aromatic rings. The smallest absolute Gasteiger partial charge is 0.231 e. The topological polar surface area (TPSA) is 57.4 Å². The number of nitrogens with zero attached hydrogens (tertiary/aromatic N) is 2. The average molecular weight is 260 g/mol. The Bertz CT molecular complexity index is 547. The molecular formula is C14H16N2O3. The van der Waals surface area contributed by atoms with Crippen LogP contribution in [0.25, 0.3) is 0 Å². The van der Waals surface area contributed by atoms with E-state index in [1.54, 1.807) is 7.11 Å². The summed E-state index contributed by atoms with van der Waals surface area (Å²) in [5.74, 6) is 2.48. The second-order valence-electron chi connectivity index (χ2n) is 4.60. The van der Waals surface area contributed by atoms with Crippen LogP contribution in [0, 0.1) is 0 Å². The van der Waals surface area contributed by atoms with Crippen molar-refractivity contribution in [1.29, 1.82) is 0 Å². The third kappa shape index (κ3) is 2.61. The van der Waals surface area contributed by atoms with Crippen LogP contribution in [0.1, 0.15) is 29.6 Å². The Labute approximate surface area is 111 Å². The molecule has 1 aromatic heterocycles. The molecule has 1 fully saturated rings. The summed E-state index contributed by atoms with van der Waals surface area (Å²) in [6.45, 7) is 1.47. The molecule has 0 radical (unpaired) electrons. The van der Waals surface area contributed by atoms with Crippen molar-refractivity contribution in [2.24, 2.45) is 0 Å². The Morgan fingerprint density at radius 2 is 2.26 bits per heavy atom. The lowest BCUT2D eigenvalue weighted by molar-refractivity contribution is 0.192. The number of hydrogen-bond donors (Lipinski definition) is 0. The van der Waals surface area contributed by atoms with Crippen LogP contribution in [0.4, 0.5) is 0 Å². The molecule has 5 nitrogen and oxygen atoms in total. The lowest BCUT2D eigenvalue weighted by Crippen LogP contribution is -2.00. The van der Waals surface area contributed by atoms with Gasteiger partial charge in [0, 0.05) is 18.1 Å². The molecule has 1 atom stereocenters. The van der Waals surface area contributed by atoms with Gasteiger partial charge in [0.1, 0.15) is 5.75 Å². The first-order valence-corrected chi connectivity index (χ1v) is 6.39. The molecule has 0 N–H and O–H groups in total. The fourth-order valence-electron chi connectivity index (χ4n) is 2.26. The summed E-state index contributed by atoms with van der Waals surface area (Å²) in [4.78, 5) is 4.45. The summed E-state index contributed by atoms with van der Waals surface area (Å²) in [6, 6.07) is 7.84. The number of para-hydroxylation sites is 1. The largest absolute Gasteiger partial charge is 0.496 e. The van der Waals surface area contributed by atoms with Gasteiger partial charge in [0.25, 0.3) is 0 Å². The Morgan fingerprint density at radius 1 is 1.37 bits per heavy atom. The Hall–Kier alpha value is -1.88. The van der Waals surface area contributed by atoms with Crippen molar-refractivity contribution < 1.29 is 14.0 Å². The van der Waals surface area contributed by atoms with Crippen LogP contribution in [-0.2, 0) is 11.2 Å². The second-order valence-corrected chi connectivity index (χ2v) is 4.60. The summed E-state index contributed by atoms with van der Waals surface area (Å²) in [5, 5.41) is 4.04. The molecular weight excluding hydrogens is 244 g/mol. The molecule has 1 aliphatic rings. The normalized spacial score (nSPS) is 18.7. The van der Waals surface area contributed by atoms with E-state index < -0.39 is 0 Å². The van der Waals surface area contributed by atoms with Crippen LogP contribution in [0.3, 0.4) is 0 Å². The molecule has 5 heteroatoms. The predicted octanol–water partition coefficient (Wildman–Crippen LogP) is 2.17. The highest BCUT2D eigenvalue weighted by Crippen LogP contribution is 2.24. The van der Waals surface area contributed by atoms with Crippen LogP contribution in [0.15, 0.2) is 28.8 Å². The minimum Gasteiger partial charge on any atom is -0.496 e. The number of rotatable bonds is 4. The van der Waals surface area contributed by atoms with E-state index in [1.807, 2.05) is 24.3 Å². The fourth-order valence-corrected chi connectivity index (χ4v) is 2.26. The summed E-state index contributed by atoms with van der Waals surface area (Å²) in [6.07, 6.45) is 1.55. The quantitative estimate of drug-likeness (QED) is 0.843. The monoisotopic (exact) mass is 260 g/mol. The van der Waals surface area contributed by atoms with Crippen molar-refractivity contribution in [3.8, 4) is 5.75 Å². The maximum absolute atomic E-state index is 5.33. The van der Waals surface area contributed by atoms with Gasteiger partial charge in [-0.05, 0) is 12.5 Å². The summed E-state index contributed by atoms with van der Waals surface area (Å²) >= 11 is 0. The molecule has 1 unspecified atom stereocenters. The lowest BCUT2D eigenvalue weighted by atomic mass is 10.1. The van der Waals surface area contributed by atoms with Gasteiger partial charge in [-0.3, -0.25) is 0 Å². The molecule has 3 rings (SSSR count). The molecule has 0 amide bonds. The molecule has 19 heavy (non-hydrogen) atoms. The van der Waals surface area contributed by atoms with Crippen molar-refractivity contribution in [1.82, 2.24) is 10.1 Å². The molecule has 1 saturated heterocycles. The Morgan fingerprint density at radius 3 is 3.05 bits per heavy atom. The molecule has 0 saturated carbocycles. The fraction of sp³-hybridized carbons (Fsp3) is 0.429. The van der Waals surface area contributed by atoms with Crippen molar-refractivity contribution >= 4 is 0 Å². The van der Waals surface area contributed by atoms with Gasteiger partial charge in [0.2, 0.25) is 5.89 Å². The highest BCUT2D eigenvalue weighted by Gasteiger charge is 2.23. The van der Waals surface area contributed by atoms with E-state index in [4.69, 9.17) is 14.0 Å². The lowest BCUT2D eigenvalue weighted by Gasteiger charge is -2.05. The van der Waals surface area contributed by atoms with Gasteiger partial charge in [-0.25, -0.2) is 0 Å². The summed E-state index contributed by atoms with van der Waals surface area (Å²) in [7, 11) is 1.66. The number of ether oxygens (including phenoxy) is 2.